The number of aliphatic carboxylic acids is 1. The largest absolute Gasteiger partial charge is 0.489 e. The molecule has 1 aliphatic carbocycles. The van der Waals surface area contributed by atoms with Gasteiger partial charge in [0.25, 0.3) is 0 Å². The summed E-state index contributed by atoms with van der Waals surface area (Å²) in [6.07, 6.45) is 8.80. The first-order valence-electron chi connectivity index (χ1n) is 10.6. The average molecular weight is 389 g/mol. The number of carbonyl (C=O) groups is 1. The molecule has 0 amide bonds. The summed E-state index contributed by atoms with van der Waals surface area (Å²) in [6.45, 7) is 2.14. The summed E-state index contributed by atoms with van der Waals surface area (Å²) in [7, 11) is 0. The fraction of sp³-hybridized carbons (Fsp3) is 0.609. The Labute approximate surface area is 167 Å². The maximum atomic E-state index is 10.8. The van der Waals surface area contributed by atoms with Crippen LogP contribution in [0.1, 0.15) is 68.9 Å². The Hall–Kier alpha value is -1.85. The van der Waals surface area contributed by atoms with Crippen LogP contribution < -0.4 is 4.74 Å². The monoisotopic (exact) mass is 388 g/mol. The molecule has 3 rings (SSSR count). The average Bonchev–Trinajstić information content (AvgIpc) is 3.15. The second-order valence-electron chi connectivity index (χ2n) is 8.09. The highest BCUT2D eigenvalue weighted by Crippen LogP contribution is 2.52. The lowest BCUT2D eigenvalue weighted by atomic mass is 9.86. The van der Waals surface area contributed by atoms with Gasteiger partial charge in [0.1, 0.15) is 11.9 Å². The molecule has 0 radical (unpaired) electrons. The third-order valence-electron chi connectivity index (χ3n) is 5.98. The van der Waals surface area contributed by atoms with Crippen molar-refractivity contribution in [3.8, 4) is 5.75 Å². The zero-order valence-electron chi connectivity index (χ0n) is 16.6. The van der Waals surface area contributed by atoms with Crippen molar-refractivity contribution in [2.24, 2.45) is 5.92 Å². The van der Waals surface area contributed by atoms with Crippen molar-refractivity contribution < 1.29 is 24.9 Å². The number of aliphatic hydroxyl groups is 2. The van der Waals surface area contributed by atoms with E-state index >= 15 is 0 Å². The molecule has 0 bridgehead atoms. The number of carboxylic acid groups (broad SMARTS) is 1. The number of hydrogen-bond donors (Lipinski definition) is 3. The predicted octanol–water partition coefficient (Wildman–Crippen LogP) is 3.82. The number of aliphatic hydroxyl groups excluding tert-OH is 2. The van der Waals surface area contributed by atoms with Gasteiger partial charge in [-0.3, -0.25) is 4.79 Å². The van der Waals surface area contributed by atoms with E-state index < -0.39 is 18.2 Å². The summed E-state index contributed by atoms with van der Waals surface area (Å²) < 4.78 is 6.20. The highest BCUT2D eigenvalue weighted by molar-refractivity contribution is 5.66. The first-order chi connectivity index (χ1) is 13.5. The van der Waals surface area contributed by atoms with E-state index in [2.05, 4.69) is 13.0 Å². The van der Waals surface area contributed by atoms with Crippen LogP contribution in [0.2, 0.25) is 0 Å². The first kappa shape index (κ1) is 20.9. The third kappa shape index (κ3) is 4.76. The molecule has 28 heavy (non-hydrogen) atoms. The second-order valence-corrected chi connectivity index (χ2v) is 8.09. The summed E-state index contributed by atoms with van der Waals surface area (Å²) >= 11 is 0. The summed E-state index contributed by atoms with van der Waals surface area (Å²) in [5, 5.41) is 29.6. The summed E-state index contributed by atoms with van der Waals surface area (Å²) in [4.78, 5) is 10.8. The predicted molar refractivity (Wildman–Crippen MR) is 108 cm³/mol. The molecule has 0 aromatic heterocycles. The molecule has 1 heterocycles. The van der Waals surface area contributed by atoms with Gasteiger partial charge in [0.15, 0.2) is 0 Å². The van der Waals surface area contributed by atoms with Crippen molar-refractivity contribution in [3.05, 3.63) is 41.5 Å². The van der Waals surface area contributed by atoms with Crippen LogP contribution in [0.25, 0.3) is 0 Å². The zero-order chi connectivity index (χ0) is 20.1. The number of hydrogen-bond acceptors (Lipinski definition) is 4. The SMILES string of the molecule is CCCCC[C@H](O)/C=C/[C@H]1[C@@H]2c3cccc(CCCC(=O)O)c3O[C@@H]2C[C@@H]1O. The molecule has 154 valence electrons. The third-order valence-corrected chi connectivity index (χ3v) is 5.98. The fourth-order valence-electron chi connectivity index (χ4n) is 4.55. The van der Waals surface area contributed by atoms with E-state index in [9.17, 15) is 15.0 Å². The van der Waals surface area contributed by atoms with Crippen molar-refractivity contribution in [1.82, 2.24) is 0 Å². The lowest BCUT2D eigenvalue weighted by molar-refractivity contribution is -0.137. The highest BCUT2D eigenvalue weighted by atomic mass is 16.5. The van der Waals surface area contributed by atoms with E-state index in [4.69, 9.17) is 9.84 Å². The number of aryl methyl sites for hydroxylation is 1. The van der Waals surface area contributed by atoms with E-state index in [-0.39, 0.29) is 24.4 Å². The van der Waals surface area contributed by atoms with Crippen LogP contribution in [-0.4, -0.2) is 39.6 Å². The standard InChI is InChI=1S/C23H32O5/c1-2-3-4-9-16(24)12-13-17-19(25)14-20-22(17)18-10-5-7-15(23(18)28-20)8-6-11-21(26)27/h5,7,10,12-13,16-17,19-20,22,24-25H,2-4,6,8-9,11,14H2,1H3,(H,26,27)/b13-12+/t16-,17+,19-,20+,22+/m0/s1. The molecule has 5 nitrogen and oxygen atoms in total. The molecule has 1 fully saturated rings. The van der Waals surface area contributed by atoms with Crippen molar-refractivity contribution in [1.29, 1.82) is 0 Å². The van der Waals surface area contributed by atoms with Gasteiger partial charge in [-0.25, -0.2) is 0 Å². The number of unbranched alkanes of at least 4 members (excludes halogenated alkanes) is 2. The van der Waals surface area contributed by atoms with E-state index in [0.29, 0.717) is 19.3 Å². The number of carboxylic acids is 1. The maximum absolute atomic E-state index is 10.8. The van der Waals surface area contributed by atoms with Gasteiger partial charge in [-0.05, 0) is 24.8 Å². The number of para-hydroxylation sites is 1. The van der Waals surface area contributed by atoms with Crippen molar-refractivity contribution in [2.45, 2.75) is 82.5 Å². The van der Waals surface area contributed by atoms with Crippen molar-refractivity contribution in [2.75, 3.05) is 0 Å². The summed E-state index contributed by atoms with van der Waals surface area (Å²) in [6, 6.07) is 6.05. The molecule has 0 spiro atoms. The van der Waals surface area contributed by atoms with E-state index in [0.717, 1.165) is 42.6 Å². The van der Waals surface area contributed by atoms with Gasteiger partial charge in [0, 0.05) is 30.2 Å². The van der Waals surface area contributed by atoms with Gasteiger partial charge >= 0.3 is 5.97 Å². The molecule has 5 heteroatoms. The van der Waals surface area contributed by atoms with Crippen LogP contribution in [0.4, 0.5) is 0 Å². The molecule has 1 aliphatic heterocycles. The molecular weight excluding hydrogens is 356 g/mol. The topological polar surface area (TPSA) is 87.0 Å². The Bertz CT molecular complexity index is 698. The Balaban J connectivity index is 1.70. The molecular formula is C23H32O5. The van der Waals surface area contributed by atoms with Crippen molar-refractivity contribution >= 4 is 5.97 Å². The minimum absolute atomic E-state index is 0.0579. The van der Waals surface area contributed by atoms with E-state index in [1.807, 2.05) is 24.3 Å². The molecule has 3 N–H and O–H groups in total. The van der Waals surface area contributed by atoms with Crippen LogP contribution in [0, 0.1) is 5.92 Å². The van der Waals surface area contributed by atoms with Crippen LogP contribution in [0.3, 0.4) is 0 Å². The minimum atomic E-state index is -0.781. The molecule has 1 aromatic rings. The van der Waals surface area contributed by atoms with Gasteiger partial charge in [-0.1, -0.05) is 56.5 Å². The van der Waals surface area contributed by atoms with Crippen LogP contribution in [-0.2, 0) is 11.2 Å². The Kier molecular flexibility index (Phi) is 7.13. The second kappa shape index (κ2) is 9.57. The molecule has 0 saturated heterocycles. The van der Waals surface area contributed by atoms with Gasteiger partial charge in [-0.15, -0.1) is 0 Å². The van der Waals surface area contributed by atoms with E-state index in [1.54, 1.807) is 0 Å². The first-order valence-corrected chi connectivity index (χ1v) is 10.6. The Morgan fingerprint density at radius 2 is 2.14 bits per heavy atom. The Morgan fingerprint density at radius 1 is 1.32 bits per heavy atom. The minimum Gasteiger partial charge on any atom is -0.489 e. The molecule has 0 unspecified atom stereocenters. The smallest absolute Gasteiger partial charge is 0.303 e. The fourth-order valence-corrected chi connectivity index (χ4v) is 4.55. The van der Waals surface area contributed by atoms with Gasteiger partial charge in [0.05, 0.1) is 12.2 Å². The van der Waals surface area contributed by atoms with Gasteiger partial charge in [-0.2, -0.15) is 0 Å². The summed E-state index contributed by atoms with van der Waals surface area (Å²) in [5.74, 6) is 0.109. The Morgan fingerprint density at radius 3 is 2.89 bits per heavy atom. The maximum Gasteiger partial charge on any atom is 0.303 e. The van der Waals surface area contributed by atoms with Gasteiger partial charge < -0.3 is 20.1 Å². The molecule has 5 atom stereocenters. The normalized spacial score (nSPS) is 26.8. The van der Waals surface area contributed by atoms with Crippen LogP contribution >= 0.6 is 0 Å². The number of fused-ring (bicyclic) bond motifs is 3. The zero-order valence-corrected chi connectivity index (χ0v) is 16.6. The van der Waals surface area contributed by atoms with E-state index in [1.165, 1.54) is 0 Å². The summed E-state index contributed by atoms with van der Waals surface area (Å²) in [5.41, 5.74) is 2.15. The van der Waals surface area contributed by atoms with Crippen LogP contribution in [0.15, 0.2) is 30.4 Å². The molecule has 1 saturated carbocycles. The van der Waals surface area contributed by atoms with Crippen LogP contribution in [0.5, 0.6) is 5.75 Å². The number of benzene rings is 1. The van der Waals surface area contributed by atoms with Gasteiger partial charge in [0.2, 0.25) is 0 Å². The number of rotatable bonds is 10. The molecule has 2 aliphatic rings. The number of ether oxygens (including phenoxy) is 1. The highest BCUT2D eigenvalue weighted by Gasteiger charge is 2.48. The molecule has 1 aromatic carbocycles. The lowest BCUT2D eigenvalue weighted by Crippen LogP contribution is -2.17. The van der Waals surface area contributed by atoms with Crippen molar-refractivity contribution in [3.63, 3.8) is 0 Å². The quantitative estimate of drug-likeness (QED) is 0.419. The lowest BCUT2D eigenvalue weighted by Gasteiger charge is -2.18.